The number of aromatic amines is 1. The summed E-state index contributed by atoms with van der Waals surface area (Å²) in [6.45, 7) is 0. The largest absolute Gasteiger partial charge is 0.481 e. The van der Waals surface area contributed by atoms with E-state index in [0.29, 0.717) is 5.69 Å². The fourth-order valence-corrected chi connectivity index (χ4v) is 2.91. The van der Waals surface area contributed by atoms with Crippen LogP contribution in [0, 0.1) is 0 Å². The second-order valence-corrected chi connectivity index (χ2v) is 7.56. The van der Waals surface area contributed by atoms with Gasteiger partial charge in [-0.2, -0.15) is 12.6 Å². The summed E-state index contributed by atoms with van der Waals surface area (Å²) in [5, 5.41) is 24.8. The zero-order valence-corrected chi connectivity index (χ0v) is 18.8. The summed E-state index contributed by atoms with van der Waals surface area (Å²) in [5.41, 5.74) is 11.2. The van der Waals surface area contributed by atoms with Gasteiger partial charge >= 0.3 is 11.9 Å². The first-order valence-electron chi connectivity index (χ1n) is 9.92. The summed E-state index contributed by atoms with van der Waals surface area (Å²) >= 11 is 3.99. The lowest BCUT2D eigenvalue weighted by molar-refractivity contribution is -0.142. The minimum Gasteiger partial charge on any atom is -0.481 e. The van der Waals surface area contributed by atoms with Crippen LogP contribution in [0.4, 0.5) is 0 Å². The molecule has 4 atom stereocenters. The van der Waals surface area contributed by atoms with Crippen molar-refractivity contribution in [2.24, 2.45) is 11.5 Å². The predicted octanol–water partition coefficient (Wildman–Crippen LogP) is -3.51. The van der Waals surface area contributed by atoms with Crippen LogP contribution in [0.1, 0.15) is 25.0 Å². The third-order valence-corrected chi connectivity index (χ3v) is 4.82. The molecule has 15 nitrogen and oxygen atoms in total. The van der Waals surface area contributed by atoms with E-state index in [9.17, 15) is 33.9 Å². The summed E-state index contributed by atoms with van der Waals surface area (Å²) < 4.78 is 0. The highest BCUT2D eigenvalue weighted by Crippen LogP contribution is 2.02. The van der Waals surface area contributed by atoms with E-state index in [-0.39, 0.29) is 18.6 Å². The third-order valence-electron chi connectivity index (χ3n) is 4.45. The number of imidazole rings is 1. The van der Waals surface area contributed by atoms with Crippen LogP contribution in [0.5, 0.6) is 0 Å². The van der Waals surface area contributed by atoms with Crippen molar-refractivity contribution < 1.29 is 39.0 Å². The number of carboxylic acid groups (broad SMARTS) is 2. The molecule has 0 aromatic carbocycles. The highest BCUT2D eigenvalue weighted by Gasteiger charge is 2.30. The van der Waals surface area contributed by atoms with Crippen LogP contribution in [0.25, 0.3) is 0 Å². The van der Waals surface area contributed by atoms with Gasteiger partial charge in [0, 0.05) is 30.5 Å². The number of carbonyl (C=O) groups excluding carboxylic acids is 4. The number of nitrogens with two attached hydrogens (primary N) is 2. The molecule has 4 amide bonds. The Morgan fingerprint density at radius 3 is 2.09 bits per heavy atom. The molecule has 1 aromatic heterocycles. The number of primary amides is 1. The fraction of sp³-hybridized carbons (Fsp3) is 0.500. The van der Waals surface area contributed by atoms with Crippen LogP contribution >= 0.6 is 12.6 Å². The zero-order valence-electron chi connectivity index (χ0n) is 17.9. The fourth-order valence-electron chi connectivity index (χ4n) is 2.65. The normalized spacial score (nSPS) is 14.2. The Bertz CT molecular complexity index is 895. The second-order valence-electron chi connectivity index (χ2n) is 7.19. The number of aliphatic carboxylic acids is 2. The molecule has 0 spiro atoms. The molecule has 0 bridgehead atoms. The van der Waals surface area contributed by atoms with E-state index in [1.54, 1.807) is 0 Å². The molecule has 0 fully saturated rings. The second kappa shape index (κ2) is 13.8. The number of carboxylic acids is 2. The van der Waals surface area contributed by atoms with Gasteiger partial charge in [0.05, 0.1) is 18.8 Å². The van der Waals surface area contributed by atoms with Gasteiger partial charge in [-0.1, -0.05) is 0 Å². The summed E-state index contributed by atoms with van der Waals surface area (Å²) in [7, 11) is 0. The Hall–Kier alpha value is -3.66. The molecule has 0 saturated heterocycles. The number of nitrogens with zero attached hydrogens (tertiary/aromatic N) is 1. The molecule has 0 saturated carbocycles. The minimum atomic E-state index is -1.52. The van der Waals surface area contributed by atoms with Crippen LogP contribution in [0.2, 0.25) is 0 Å². The summed E-state index contributed by atoms with van der Waals surface area (Å²) in [5.74, 6) is -6.46. The smallest absolute Gasteiger partial charge is 0.326 e. The van der Waals surface area contributed by atoms with Gasteiger partial charge in [-0.3, -0.25) is 24.0 Å². The standard InChI is InChI=1S/C18H27N7O8S/c19-9(1-2-14(27)28)15(29)23-10(4-13(20)26)16(30)25-12(6-34)17(31)24-11(18(32)33)3-8-5-21-7-22-8/h5,7,9-12,34H,1-4,6,19H2,(H2,20,26)(H,21,22)(H,23,29)(H,24,31)(H,25,30)(H,27,28)(H,32,33). The lowest BCUT2D eigenvalue weighted by atomic mass is 10.1. The Balaban J connectivity index is 2.83. The Labute approximate surface area is 198 Å². The number of hydrogen-bond acceptors (Lipinski definition) is 9. The molecule has 16 heteroatoms. The quantitative estimate of drug-likeness (QED) is 0.107. The number of carbonyl (C=O) groups is 6. The number of amides is 4. The minimum absolute atomic E-state index is 0.108. The van der Waals surface area contributed by atoms with E-state index in [1.807, 2.05) is 0 Å². The average molecular weight is 502 g/mol. The molecule has 34 heavy (non-hydrogen) atoms. The molecule has 0 aliphatic heterocycles. The van der Waals surface area contributed by atoms with Gasteiger partial charge in [0.1, 0.15) is 18.1 Å². The third kappa shape index (κ3) is 9.86. The number of hydrogen-bond donors (Lipinski definition) is 9. The van der Waals surface area contributed by atoms with Gasteiger partial charge in [-0.25, -0.2) is 9.78 Å². The van der Waals surface area contributed by atoms with Crippen LogP contribution < -0.4 is 27.4 Å². The maximum atomic E-state index is 12.6. The van der Waals surface area contributed by atoms with Gasteiger partial charge in [-0.05, 0) is 6.42 Å². The Morgan fingerprint density at radius 1 is 1.00 bits per heavy atom. The summed E-state index contributed by atoms with van der Waals surface area (Å²) in [6, 6.07) is -5.47. The van der Waals surface area contributed by atoms with E-state index in [4.69, 9.17) is 16.6 Å². The van der Waals surface area contributed by atoms with Crippen molar-refractivity contribution in [1.82, 2.24) is 25.9 Å². The Morgan fingerprint density at radius 2 is 1.59 bits per heavy atom. The van der Waals surface area contributed by atoms with Crippen LogP contribution in [0.15, 0.2) is 12.5 Å². The molecule has 1 heterocycles. The maximum Gasteiger partial charge on any atom is 0.326 e. The van der Waals surface area contributed by atoms with Crippen molar-refractivity contribution in [3.05, 3.63) is 18.2 Å². The van der Waals surface area contributed by atoms with Gasteiger partial charge in [0.25, 0.3) is 0 Å². The maximum absolute atomic E-state index is 12.6. The lowest BCUT2D eigenvalue weighted by Crippen LogP contribution is -2.58. The molecular formula is C18H27N7O8S. The molecule has 10 N–H and O–H groups in total. The highest BCUT2D eigenvalue weighted by atomic mass is 32.1. The van der Waals surface area contributed by atoms with Crippen molar-refractivity contribution in [3.63, 3.8) is 0 Å². The van der Waals surface area contributed by atoms with Gasteiger partial charge < -0.3 is 42.6 Å². The van der Waals surface area contributed by atoms with Gasteiger partial charge in [-0.15, -0.1) is 0 Å². The molecule has 0 aliphatic carbocycles. The molecule has 1 aromatic rings. The average Bonchev–Trinajstić information content (AvgIpc) is 3.27. The van der Waals surface area contributed by atoms with Crippen molar-refractivity contribution in [2.45, 2.75) is 49.9 Å². The SMILES string of the molecule is NC(=O)CC(NC(=O)C(N)CCC(=O)O)C(=O)NC(CS)C(=O)NC(Cc1cnc[nH]1)C(=O)O. The number of H-pyrrole nitrogens is 1. The zero-order chi connectivity index (χ0) is 25.8. The van der Waals surface area contributed by atoms with E-state index >= 15 is 0 Å². The molecule has 188 valence electrons. The number of rotatable bonds is 15. The summed E-state index contributed by atoms with van der Waals surface area (Å²) in [6.07, 6.45) is 1.36. The number of thiol groups is 1. The van der Waals surface area contributed by atoms with Crippen LogP contribution in [0.3, 0.4) is 0 Å². The van der Waals surface area contributed by atoms with Crippen LogP contribution in [-0.2, 0) is 35.2 Å². The highest BCUT2D eigenvalue weighted by molar-refractivity contribution is 7.80. The van der Waals surface area contributed by atoms with Crippen molar-refractivity contribution in [1.29, 1.82) is 0 Å². The van der Waals surface area contributed by atoms with Crippen molar-refractivity contribution in [3.8, 4) is 0 Å². The molecule has 0 radical (unpaired) electrons. The monoisotopic (exact) mass is 501 g/mol. The topological polar surface area (TPSA) is 260 Å². The lowest BCUT2D eigenvalue weighted by Gasteiger charge is -2.24. The van der Waals surface area contributed by atoms with Crippen molar-refractivity contribution >= 4 is 48.2 Å². The van der Waals surface area contributed by atoms with Gasteiger partial charge in [0.15, 0.2) is 0 Å². The Kier molecular flexibility index (Phi) is 11.5. The first kappa shape index (κ1) is 28.4. The van der Waals surface area contributed by atoms with Gasteiger partial charge in [0.2, 0.25) is 23.6 Å². The number of nitrogens with one attached hydrogen (secondary N) is 4. The number of aromatic nitrogens is 2. The predicted molar refractivity (Wildman–Crippen MR) is 118 cm³/mol. The molecular weight excluding hydrogens is 474 g/mol. The van der Waals surface area contributed by atoms with E-state index in [2.05, 4.69) is 38.5 Å². The molecule has 4 unspecified atom stereocenters. The van der Waals surface area contributed by atoms with E-state index in [0.717, 1.165) is 0 Å². The van der Waals surface area contributed by atoms with E-state index < -0.39 is 72.6 Å². The van der Waals surface area contributed by atoms with E-state index in [1.165, 1.54) is 12.5 Å². The first-order chi connectivity index (χ1) is 15.9. The van der Waals surface area contributed by atoms with Crippen molar-refractivity contribution in [2.75, 3.05) is 5.75 Å². The molecule has 1 rings (SSSR count). The first-order valence-corrected chi connectivity index (χ1v) is 10.6. The van der Waals surface area contributed by atoms with Crippen LogP contribution in [-0.4, -0.2) is 85.7 Å². The summed E-state index contributed by atoms with van der Waals surface area (Å²) in [4.78, 5) is 77.3. The molecule has 0 aliphatic rings.